The number of nitro benzene ring substituents is 1. The van der Waals surface area contributed by atoms with Gasteiger partial charge in [0, 0.05) is 12.1 Å². The van der Waals surface area contributed by atoms with Crippen molar-refractivity contribution >= 4 is 23.4 Å². The molecule has 0 aliphatic carbocycles. The van der Waals surface area contributed by atoms with Gasteiger partial charge in [-0.25, -0.2) is 9.59 Å². The highest BCUT2D eigenvalue weighted by atomic mass is 19.4. The number of nitro groups is 1. The summed E-state index contributed by atoms with van der Waals surface area (Å²) in [6, 6.07) is 7.25. The van der Waals surface area contributed by atoms with Crippen LogP contribution in [0.3, 0.4) is 0 Å². The molecule has 0 aliphatic heterocycles. The summed E-state index contributed by atoms with van der Waals surface area (Å²) in [6.07, 6.45) is -6.28. The molecule has 0 aliphatic rings. The molecule has 0 unspecified atom stereocenters. The highest BCUT2D eigenvalue weighted by Crippen LogP contribution is 2.32. The molecular formula is C16H11F3N2O7. The number of amides is 1. The lowest BCUT2D eigenvalue weighted by atomic mass is 10.2. The summed E-state index contributed by atoms with van der Waals surface area (Å²) in [7, 11) is 1.04. The average molecular weight is 400 g/mol. The number of rotatable bonds is 5. The van der Waals surface area contributed by atoms with E-state index < -0.39 is 34.8 Å². The Morgan fingerprint density at radius 1 is 1.11 bits per heavy atom. The highest BCUT2D eigenvalue weighted by Gasteiger charge is 2.33. The van der Waals surface area contributed by atoms with Gasteiger partial charge >= 0.3 is 18.4 Å². The molecule has 9 nitrogen and oxygen atoms in total. The summed E-state index contributed by atoms with van der Waals surface area (Å²) in [5.41, 5.74) is -0.917. The lowest BCUT2D eigenvalue weighted by Crippen LogP contribution is -2.21. The summed E-state index contributed by atoms with van der Waals surface area (Å²) in [4.78, 5) is 33.3. The second-order valence-electron chi connectivity index (χ2n) is 5.02. The topological polar surface area (TPSA) is 117 Å². The lowest BCUT2D eigenvalue weighted by molar-refractivity contribution is -0.384. The number of nitrogens with zero attached hydrogens (tertiary/aromatic N) is 1. The van der Waals surface area contributed by atoms with Crippen LogP contribution in [0, 0.1) is 10.1 Å². The second kappa shape index (κ2) is 8.24. The van der Waals surface area contributed by atoms with Crippen molar-refractivity contribution in [3.05, 3.63) is 58.1 Å². The largest absolute Gasteiger partial charge is 0.573 e. The molecule has 0 spiro atoms. The molecule has 0 heterocycles. The SMILES string of the molecule is COC(=O)c1ccc(NC(=O)Oc2ccc([N+](=O)[O-])cc2)c(OC(F)(F)F)c1. The van der Waals surface area contributed by atoms with E-state index >= 15 is 0 Å². The minimum Gasteiger partial charge on any atom is -0.465 e. The first-order valence-corrected chi connectivity index (χ1v) is 7.30. The van der Waals surface area contributed by atoms with Crippen LogP contribution in [0.4, 0.5) is 29.3 Å². The number of methoxy groups -OCH3 is 1. The predicted molar refractivity (Wildman–Crippen MR) is 87.2 cm³/mol. The van der Waals surface area contributed by atoms with Crippen LogP contribution in [0.1, 0.15) is 10.4 Å². The van der Waals surface area contributed by atoms with Crippen molar-refractivity contribution in [1.29, 1.82) is 0 Å². The van der Waals surface area contributed by atoms with E-state index in [0.29, 0.717) is 0 Å². The normalized spacial score (nSPS) is 10.7. The van der Waals surface area contributed by atoms with Crippen LogP contribution < -0.4 is 14.8 Å². The monoisotopic (exact) mass is 400 g/mol. The van der Waals surface area contributed by atoms with Gasteiger partial charge in [-0.2, -0.15) is 0 Å². The predicted octanol–water partition coefficient (Wildman–Crippen LogP) is 3.89. The van der Waals surface area contributed by atoms with Gasteiger partial charge in [0.1, 0.15) is 5.75 Å². The molecule has 2 rings (SSSR count). The Morgan fingerprint density at radius 3 is 2.29 bits per heavy atom. The van der Waals surface area contributed by atoms with Gasteiger partial charge in [-0.3, -0.25) is 15.4 Å². The van der Waals surface area contributed by atoms with Crippen molar-refractivity contribution in [2.24, 2.45) is 0 Å². The van der Waals surface area contributed by atoms with Crippen LogP contribution in [0.2, 0.25) is 0 Å². The van der Waals surface area contributed by atoms with Gasteiger partial charge in [0.2, 0.25) is 0 Å². The number of hydrogen-bond donors (Lipinski definition) is 1. The molecule has 1 amide bonds. The minimum absolute atomic E-state index is 0.0902. The van der Waals surface area contributed by atoms with E-state index in [4.69, 9.17) is 4.74 Å². The van der Waals surface area contributed by atoms with Crippen LogP contribution >= 0.6 is 0 Å². The van der Waals surface area contributed by atoms with Gasteiger partial charge in [-0.15, -0.1) is 13.2 Å². The summed E-state index contributed by atoms with van der Waals surface area (Å²) < 4.78 is 50.8. The van der Waals surface area contributed by atoms with Crippen molar-refractivity contribution in [1.82, 2.24) is 0 Å². The molecule has 0 radical (unpaired) electrons. The lowest BCUT2D eigenvalue weighted by Gasteiger charge is -2.15. The molecule has 2 aromatic carbocycles. The van der Waals surface area contributed by atoms with Crippen LogP contribution in [0.25, 0.3) is 0 Å². The van der Waals surface area contributed by atoms with Crippen molar-refractivity contribution in [3.63, 3.8) is 0 Å². The molecule has 28 heavy (non-hydrogen) atoms. The van der Waals surface area contributed by atoms with E-state index in [1.54, 1.807) is 0 Å². The number of ether oxygens (including phenoxy) is 3. The van der Waals surface area contributed by atoms with Crippen LogP contribution in [0.15, 0.2) is 42.5 Å². The maximum Gasteiger partial charge on any atom is 0.573 e. The number of halogens is 3. The number of carbonyl (C=O) groups excluding carboxylic acids is 2. The fourth-order valence-corrected chi connectivity index (χ4v) is 1.96. The number of nitrogens with one attached hydrogen (secondary N) is 1. The third-order valence-electron chi connectivity index (χ3n) is 3.12. The van der Waals surface area contributed by atoms with Crippen LogP contribution in [-0.2, 0) is 4.74 Å². The van der Waals surface area contributed by atoms with E-state index in [0.717, 1.165) is 49.6 Å². The molecule has 0 atom stereocenters. The fraction of sp³-hybridized carbons (Fsp3) is 0.125. The first-order chi connectivity index (χ1) is 13.1. The number of anilines is 1. The maximum atomic E-state index is 12.6. The Balaban J connectivity index is 2.19. The number of hydrogen-bond acceptors (Lipinski definition) is 7. The summed E-state index contributed by atoms with van der Waals surface area (Å²) in [5, 5.41) is 12.6. The van der Waals surface area contributed by atoms with E-state index in [2.05, 4.69) is 9.47 Å². The van der Waals surface area contributed by atoms with Gasteiger partial charge in [-0.05, 0) is 30.3 Å². The van der Waals surface area contributed by atoms with E-state index in [9.17, 15) is 32.9 Å². The molecule has 0 saturated heterocycles. The van der Waals surface area contributed by atoms with Gasteiger partial charge in [-0.1, -0.05) is 0 Å². The van der Waals surface area contributed by atoms with Crippen LogP contribution in [0.5, 0.6) is 11.5 Å². The summed E-state index contributed by atoms with van der Waals surface area (Å²) >= 11 is 0. The van der Waals surface area contributed by atoms with Gasteiger partial charge < -0.3 is 14.2 Å². The number of alkyl halides is 3. The zero-order valence-corrected chi connectivity index (χ0v) is 14.0. The summed E-state index contributed by atoms with van der Waals surface area (Å²) in [5.74, 6) is -1.87. The van der Waals surface area contributed by atoms with E-state index in [-0.39, 0.29) is 17.0 Å². The first kappa shape index (κ1) is 20.5. The van der Waals surface area contributed by atoms with E-state index in [1.165, 1.54) is 0 Å². The van der Waals surface area contributed by atoms with E-state index in [1.807, 2.05) is 5.32 Å². The number of non-ortho nitro benzene ring substituents is 1. The summed E-state index contributed by atoms with van der Waals surface area (Å²) in [6.45, 7) is 0. The quantitative estimate of drug-likeness (QED) is 0.460. The number of carbonyl (C=O) groups is 2. The number of benzene rings is 2. The molecule has 0 saturated carbocycles. The molecule has 12 heteroatoms. The smallest absolute Gasteiger partial charge is 0.465 e. The van der Waals surface area contributed by atoms with Crippen molar-refractivity contribution in [2.45, 2.75) is 6.36 Å². The first-order valence-electron chi connectivity index (χ1n) is 7.30. The zero-order valence-electron chi connectivity index (χ0n) is 14.0. The highest BCUT2D eigenvalue weighted by molar-refractivity contribution is 5.93. The van der Waals surface area contributed by atoms with Gasteiger partial charge in [0.15, 0.2) is 5.75 Å². The fourth-order valence-electron chi connectivity index (χ4n) is 1.96. The Kier molecular flexibility index (Phi) is 6.03. The van der Waals surface area contributed by atoms with Gasteiger partial charge in [0.25, 0.3) is 5.69 Å². The Bertz CT molecular complexity index is 898. The standard InChI is InChI=1S/C16H11F3N2O7/c1-26-14(22)9-2-7-12(13(8-9)28-16(17,18)19)20-15(23)27-11-5-3-10(4-6-11)21(24)25/h2-8H,1H3,(H,20,23). The number of esters is 1. The molecule has 0 bridgehead atoms. The Hall–Kier alpha value is -3.83. The molecule has 2 aromatic rings. The minimum atomic E-state index is -5.09. The van der Waals surface area contributed by atoms with Crippen molar-refractivity contribution < 1.29 is 41.9 Å². The Morgan fingerprint density at radius 2 is 1.75 bits per heavy atom. The molecule has 0 fully saturated rings. The average Bonchev–Trinajstić information content (AvgIpc) is 2.61. The second-order valence-corrected chi connectivity index (χ2v) is 5.02. The zero-order chi connectivity index (χ0) is 20.9. The van der Waals surface area contributed by atoms with Gasteiger partial charge in [0.05, 0.1) is 23.3 Å². The maximum absolute atomic E-state index is 12.6. The third-order valence-corrected chi connectivity index (χ3v) is 3.12. The third kappa shape index (κ3) is 5.59. The molecule has 0 aromatic heterocycles. The van der Waals surface area contributed by atoms with Crippen molar-refractivity contribution in [3.8, 4) is 11.5 Å². The van der Waals surface area contributed by atoms with Crippen LogP contribution in [-0.4, -0.2) is 30.5 Å². The van der Waals surface area contributed by atoms with Crippen molar-refractivity contribution in [2.75, 3.05) is 12.4 Å². The Labute approximate surface area is 154 Å². The molecular weight excluding hydrogens is 389 g/mol. The molecule has 1 N–H and O–H groups in total. The molecule has 148 valence electrons.